The molecule has 2 aromatic rings. The van der Waals surface area contributed by atoms with Gasteiger partial charge in [-0.15, -0.1) is 0 Å². The van der Waals surface area contributed by atoms with Crippen LogP contribution in [-0.2, 0) is 19.1 Å². The lowest BCUT2D eigenvalue weighted by molar-refractivity contribution is -0.147. The number of carboxylic acids is 1. The number of nitrogens with zero attached hydrogens (tertiary/aromatic N) is 1. The van der Waals surface area contributed by atoms with Crippen LogP contribution < -0.4 is 5.32 Å². The molecule has 1 fully saturated rings. The average molecular weight is 467 g/mol. The van der Waals surface area contributed by atoms with Crippen LogP contribution in [-0.4, -0.2) is 66.9 Å². The van der Waals surface area contributed by atoms with E-state index in [9.17, 15) is 19.5 Å². The summed E-state index contributed by atoms with van der Waals surface area (Å²) in [6.45, 7) is 2.38. The Kier molecular flexibility index (Phi) is 7.17. The molecular weight excluding hydrogens is 436 g/mol. The molecule has 1 heterocycles. The van der Waals surface area contributed by atoms with Gasteiger partial charge in [0.25, 0.3) is 0 Å². The Balaban J connectivity index is 1.43. The summed E-state index contributed by atoms with van der Waals surface area (Å²) in [6.07, 6.45) is -0.195. The number of nitrogens with one attached hydrogen (secondary N) is 1. The summed E-state index contributed by atoms with van der Waals surface area (Å²) >= 11 is 0. The van der Waals surface area contributed by atoms with Crippen molar-refractivity contribution in [2.24, 2.45) is 5.92 Å². The van der Waals surface area contributed by atoms with Gasteiger partial charge in [0.2, 0.25) is 5.91 Å². The third-order valence-electron chi connectivity index (χ3n) is 6.81. The molecule has 4 rings (SSSR count). The van der Waals surface area contributed by atoms with Gasteiger partial charge in [0, 0.05) is 26.1 Å². The molecule has 1 aliphatic carbocycles. The molecule has 8 heteroatoms. The third kappa shape index (κ3) is 4.77. The quantitative estimate of drug-likeness (QED) is 0.649. The molecule has 1 saturated heterocycles. The molecule has 0 aromatic heterocycles. The Morgan fingerprint density at radius 1 is 1.09 bits per heavy atom. The lowest BCUT2D eigenvalue weighted by atomic mass is 9.97. The highest BCUT2D eigenvalue weighted by Gasteiger charge is 2.36. The normalized spacial score (nSPS) is 19.0. The van der Waals surface area contributed by atoms with Gasteiger partial charge in [-0.25, -0.2) is 4.79 Å². The van der Waals surface area contributed by atoms with Crippen molar-refractivity contribution >= 4 is 18.0 Å². The van der Waals surface area contributed by atoms with E-state index in [2.05, 4.69) is 17.4 Å². The Hall–Kier alpha value is -3.39. The third-order valence-corrected chi connectivity index (χ3v) is 6.81. The second kappa shape index (κ2) is 10.3. The second-order valence-corrected chi connectivity index (χ2v) is 8.85. The Bertz CT molecular complexity index is 1030. The number of hydrogen-bond acceptors (Lipinski definition) is 5. The number of alkyl carbamates (subject to hydrolysis) is 1. The highest BCUT2D eigenvalue weighted by atomic mass is 16.5. The van der Waals surface area contributed by atoms with Crippen molar-refractivity contribution in [2.45, 2.75) is 37.8 Å². The molecule has 0 bridgehead atoms. The zero-order valence-corrected chi connectivity index (χ0v) is 19.4. The number of carbonyl (C=O) groups excluding carboxylic acids is 2. The molecule has 1 aliphatic heterocycles. The zero-order chi connectivity index (χ0) is 24.2. The van der Waals surface area contributed by atoms with Crippen molar-refractivity contribution in [3.8, 4) is 11.1 Å². The van der Waals surface area contributed by atoms with E-state index in [1.54, 1.807) is 6.92 Å². The first kappa shape index (κ1) is 23.8. The highest BCUT2D eigenvalue weighted by molar-refractivity contribution is 5.87. The number of carbonyl (C=O) groups is 3. The fraction of sp³-hybridized carbons (Fsp3) is 0.423. The standard InChI is InChI=1S/C26H30N2O6/c1-16(33-2)23(24(29)28-13-7-8-17(14-28)25(30)31)27-26(32)34-15-22-20-11-5-3-9-18(20)19-10-4-6-12-21(19)22/h3-6,9-12,16-17,22-23H,7-8,13-15H2,1-2H3,(H,27,32)(H,30,31)/t16-,17+,23+/m1/s1. The minimum Gasteiger partial charge on any atom is -0.481 e. The van der Waals surface area contributed by atoms with Gasteiger partial charge < -0.3 is 24.8 Å². The molecule has 2 amide bonds. The summed E-state index contributed by atoms with van der Waals surface area (Å²) in [5.41, 5.74) is 4.46. The monoisotopic (exact) mass is 466 g/mol. The molecule has 0 spiro atoms. The number of amides is 2. The van der Waals surface area contributed by atoms with Gasteiger partial charge in [-0.2, -0.15) is 0 Å². The number of ether oxygens (including phenoxy) is 2. The Labute approximate surface area is 198 Å². The number of aliphatic carboxylic acids is 1. The predicted octanol–water partition coefficient (Wildman–Crippen LogP) is 3.25. The maximum atomic E-state index is 13.2. The first-order valence-corrected chi connectivity index (χ1v) is 11.6. The molecule has 0 saturated carbocycles. The van der Waals surface area contributed by atoms with E-state index in [0.717, 1.165) is 22.3 Å². The number of carboxylic acid groups (broad SMARTS) is 1. The molecule has 2 aliphatic rings. The SMILES string of the molecule is CO[C@H](C)[C@H](NC(=O)OCC1c2ccccc2-c2ccccc21)C(=O)N1CCC[C@H](C(=O)O)C1. The topological polar surface area (TPSA) is 105 Å². The van der Waals surface area contributed by atoms with Crippen molar-refractivity contribution in [1.29, 1.82) is 0 Å². The van der Waals surface area contributed by atoms with Crippen LogP contribution in [0.3, 0.4) is 0 Å². The van der Waals surface area contributed by atoms with Gasteiger partial charge in [-0.1, -0.05) is 48.5 Å². The van der Waals surface area contributed by atoms with Crippen molar-refractivity contribution < 1.29 is 29.0 Å². The summed E-state index contributed by atoms with van der Waals surface area (Å²) in [5.74, 6) is -1.98. The van der Waals surface area contributed by atoms with Crippen molar-refractivity contribution in [2.75, 3.05) is 26.8 Å². The van der Waals surface area contributed by atoms with Crippen molar-refractivity contribution in [3.63, 3.8) is 0 Å². The van der Waals surface area contributed by atoms with Crippen LogP contribution in [0.25, 0.3) is 11.1 Å². The lowest BCUT2D eigenvalue weighted by Gasteiger charge is -2.34. The van der Waals surface area contributed by atoms with Crippen molar-refractivity contribution in [1.82, 2.24) is 10.2 Å². The smallest absolute Gasteiger partial charge is 0.407 e. The minimum atomic E-state index is -0.979. The number of methoxy groups -OCH3 is 1. The Morgan fingerprint density at radius 2 is 1.71 bits per heavy atom. The molecule has 0 radical (unpaired) electrons. The van der Waals surface area contributed by atoms with Crippen LogP contribution in [0.4, 0.5) is 4.79 Å². The van der Waals surface area contributed by atoms with Gasteiger partial charge in [0.15, 0.2) is 0 Å². The lowest BCUT2D eigenvalue weighted by Crippen LogP contribution is -2.56. The summed E-state index contributed by atoms with van der Waals surface area (Å²) in [6, 6.07) is 15.1. The van der Waals surface area contributed by atoms with E-state index in [0.29, 0.717) is 19.4 Å². The highest BCUT2D eigenvalue weighted by Crippen LogP contribution is 2.44. The molecule has 180 valence electrons. The van der Waals surface area contributed by atoms with E-state index in [4.69, 9.17) is 9.47 Å². The van der Waals surface area contributed by atoms with E-state index < -0.39 is 30.1 Å². The summed E-state index contributed by atoms with van der Waals surface area (Å²) in [5, 5.41) is 12.0. The maximum Gasteiger partial charge on any atom is 0.407 e. The van der Waals surface area contributed by atoms with Gasteiger partial charge in [-0.05, 0) is 42.0 Å². The number of benzene rings is 2. The molecule has 8 nitrogen and oxygen atoms in total. The number of rotatable bonds is 7. The largest absolute Gasteiger partial charge is 0.481 e. The maximum absolute atomic E-state index is 13.2. The summed E-state index contributed by atoms with van der Waals surface area (Å²) in [4.78, 5) is 38.8. The predicted molar refractivity (Wildman–Crippen MR) is 125 cm³/mol. The van der Waals surface area contributed by atoms with Gasteiger partial charge in [0.1, 0.15) is 12.6 Å². The average Bonchev–Trinajstić information content (AvgIpc) is 3.19. The van der Waals surface area contributed by atoms with Crippen LogP contribution in [0.5, 0.6) is 0 Å². The second-order valence-electron chi connectivity index (χ2n) is 8.85. The molecule has 3 atom stereocenters. The van der Waals surface area contributed by atoms with Crippen LogP contribution in [0, 0.1) is 5.92 Å². The van der Waals surface area contributed by atoms with E-state index >= 15 is 0 Å². The van der Waals surface area contributed by atoms with Gasteiger partial charge in [0.05, 0.1) is 12.0 Å². The van der Waals surface area contributed by atoms with E-state index in [-0.39, 0.29) is 25.0 Å². The van der Waals surface area contributed by atoms with E-state index in [1.807, 2.05) is 36.4 Å². The zero-order valence-electron chi connectivity index (χ0n) is 19.4. The van der Waals surface area contributed by atoms with E-state index in [1.165, 1.54) is 12.0 Å². The molecule has 2 N–H and O–H groups in total. The molecule has 2 aromatic carbocycles. The number of fused-ring (bicyclic) bond motifs is 3. The van der Waals surface area contributed by atoms with Crippen LogP contribution in [0.2, 0.25) is 0 Å². The first-order chi connectivity index (χ1) is 16.4. The number of hydrogen-bond donors (Lipinski definition) is 2. The van der Waals surface area contributed by atoms with Crippen LogP contribution in [0.15, 0.2) is 48.5 Å². The number of piperidine rings is 1. The summed E-state index contributed by atoms with van der Waals surface area (Å²) in [7, 11) is 1.46. The fourth-order valence-electron chi connectivity index (χ4n) is 4.86. The van der Waals surface area contributed by atoms with Crippen molar-refractivity contribution in [3.05, 3.63) is 59.7 Å². The summed E-state index contributed by atoms with van der Waals surface area (Å²) < 4.78 is 10.9. The van der Waals surface area contributed by atoms with Crippen LogP contribution in [0.1, 0.15) is 36.8 Å². The molecule has 0 unspecified atom stereocenters. The molecular formula is C26H30N2O6. The Morgan fingerprint density at radius 3 is 2.29 bits per heavy atom. The van der Waals surface area contributed by atoms with Crippen LogP contribution >= 0.6 is 0 Å². The molecule has 34 heavy (non-hydrogen) atoms. The fourth-order valence-corrected chi connectivity index (χ4v) is 4.86. The minimum absolute atomic E-state index is 0.0921. The first-order valence-electron chi connectivity index (χ1n) is 11.6. The van der Waals surface area contributed by atoms with Gasteiger partial charge >= 0.3 is 12.1 Å². The van der Waals surface area contributed by atoms with Gasteiger partial charge in [-0.3, -0.25) is 9.59 Å². The number of likely N-dealkylation sites (tertiary alicyclic amines) is 1.